The van der Waals surface area contributed by atoms with E-state index in [1.165, 1.54) is 0 Å². The van der Waals surface area contributed by atoms with Crippen molar-refractivity contribution >= 4 is 11.9 Å². The molecule has 0 radical (unpaired) electrons. The molecule has 0 spiro atoms. The summed E-state index contributed by atoms with van der Waals surface area (Å²) in [4.78, 5) is 23.4. The molecule has 2 bridgehead atoms. The summed E-state index contributed by atoms with van der Waals surface area (Å²) in [6.45, 7) is 4.43. The summed E-state index contributed by atoms with van der Waals surface area (Å²) < 4.78 is 22.0. The predicted octanol–water partition coefficient (Wildman–Crippen LogP) is 1.56. The van der Waals surface area contributed by atoms with Gasteiger partial charge in [0.25, 0.3) is 0 Å². The van der Waals surface area contributed by atoms with Gasteiger partial charge >= 0.3 is 11.9 Å². The molecule has 0 aromatic carbocycles. The maximum Gasteiger partial charge on any atom is 0.344 e. The van der Waals surface area contributed by atoms with Gasteiger partial charge in [-0.25, -0.2) is 4.79 Å². The summed E-state index contributed by atoms with van der Waals surface area (Å²) in [5.41, 5.74) is 0. The molecule has 1 heterocycles. The van der Waals surface area contributed by atoms with Crippen LogP contribution in [0.15, 0.2) is 0 Å². The average molecular weight is 326 g/mol. The fourth-order valence-electron chi connectivity index (χ4n) is 4.84. The van der Waals surface area contributed by atoms with E-state index in [2.05, 4.69) is 6.92 Å². The van der Waals surface area contributed by atoms with Crippen LogP contribution in [0.1, 0.15) is 33.1 Å². The molecule has 3 fully saturated rings. The highest BCUT2D eigenvalue weighted by Crippen LogP contribution is 2.58. The van der Waals surface area contributed by atoms with Crippen molar-refractivity contribution in [2.75, 3.05) is 20.3 Å². The van der Waals surface area contributed by atoms with Crippen LogP contribution in [0.5, 0.6) is 0 Å². The largest absolute Gasteiger partial charge is 0.457 e. The zero-order valence-corrected chi connectivity index (χ0v) is 14.0. The van der Waals surface area contributed by atoms with E-state index in [1.54, 1.807) is 7.11 Å². The lowest BCUT2D eigenvalue weighted by Gasteiger charge is -2.36. The van der Waals surface area contributed by atoms with Crippen molar-refractivity contribution in [3.8, 4) is 0 Å². The molecule has 1 aliphatic heterocycles. The van der Waals surface area contributed by atoms with Crippen LogP contribution in [0.3, 0.4) is 0 Å². The van der Waals surface area contributed by atoms with Crippen molar-refractivity contribution in [1.29, 1.82) is 0 Å². The SMILES string of the molecule is CCCC(=O)OCC(=O)OC1C2CC(C1OC)C1C(C)OCC21. The topological polar surface area (TPSA) is 71.1 Å². The van der Waals surface area contributed by atoms with Crippen LogP contribution in [0.2, 0.25) is 0 Å². The fraction of sp³-hybridized carbons (Fsp3) is 0.882. The Balaban J connectivity index is 1.58. The van der Waals surface area contributed by atoms with Gasteiger partial charge in [0.15, 0.2) is 6.61 Å². The van der Waals surface area contributed by atoms with Gasteiger partial charge in [0.1, 0.15) is 6.10 Å². The number of ether oxygens (including phenoxy) is 4. The molecule has 6 nitrogen and oxygen atoms in total. The first-order chi connectivity index (χ1) is 11.1. The maximum absolute atomic E-state index is 12.0. The second kappa shape index (κ2) is 6.77. The van der Waals surface area contributed by atoms with Crippen molar-refractivity contribution in [3.63, 3.8) is 0 Å². The lowest BCUT2D eigenvalue weighted by Crippen LogP contribution is -2.46. The number of methoxy groups -OCH3 is 1. The van der Waals surface area contributed by atoms with E-state index in [1.807, 2.05) is 6.92 Å². The maximum atomic E-state index is 12.0. The van der Waals surface area contributed by atoms with Gasteiger partial charge in [-0.3, -0.25) is 4.79 Å². The molecule has 3 aliphatic rings. The van der Waals surface area contributed by atoms with Crippen LogP contribution in [0.25, 0.3) is 0 Å². The third-order valence-electron chi connectivity index (χ3n) is 5.69. The van der Waals surface area contributed by atoms with Gasteiger partial charge in [-0.1, -0.05) is 6.92 Å². The lowest BCUT2D eigenvalue weighted by atomic mass is 9.76. The second-order valence-electron chi connectivity index (χ2n) is 6.91. The van der Waals surface area contributed by atoms with Gasteiger partial charge in [0, 0.05) is 19.4 Å². The van der Waals surface area contributed by atoms with E-state index in [0.717, 1.165) is 13.0 Å². The lowest BCUT2D eigenvalue weighted by molar-refractivity contribution is -0.173. The third-order valence-corrected chi connectivity index (χ3v) is 5.69. The van der Waals surface area contributed by atoms with E-state index in [4.69, 9.17) is 18.9 Å². The molecule has 1 saturated heterocycles. The molecule has 0 N–H and O–H groups in total. The highest BCUT2D eigenvalue weighted by Gasteiger charge is 2.63. The molecule has 3 rings (SSSR count). The molecule has 23 heavy (non-hydrogen) atoms. The van der Waals surface area contributed by atoms with Gasteiger partial charge in [-0.15, -0.1) is 0 Å². The predicted molar refractivity (Wildman–Crippen MR) is 80.5 cm³/mol. The molecule has 130 valence electrons. The zero-order chi connectivity index (χ0) is 16.6. The summed E-state index contributed by atoms with van der Waals surface area (Å²) in [6, 6.07) is 0. The molecule has 0 amide bonds. The summed E-state index contributed by atoms with van der Waals surface area (Å²) in [5.74, 6) is 0.767. The molecule has 0 aromatic rings. The van der Waals surface area contributed by atoms with E-state index >= 15 is 0 Å². The number of hydrogen-bond acceptors (Lipinski definition) is 6. The zero-order valence-electron chi connectivity index (χ0n) is 14.0. The van der Waals surface area contributed by atoms with Gasteiger partial charge in [-0.2, -0.15) is 0 Å². The Morgan fingerprint density at radius 1 is 1.13 bits per heavy atom. The van der Waals surface area contributed by atoms with Crippen LogP contribution < -0.4 is 0 Å². The third kappa shape index (κ3) is 2.98. The van der Waals surface area contributed by atoms with E-state index in [0.29, 0.717) is 30.6 Å². The summed E-state index contributed by atoms with van der Waals surface area (Å²) in [5, 5.41) is 0. The Bertz CT molecular complexity index is 464. The van der Waals surface area contributed by atoms with Crippen LogP contribution in [0.4, 0.5) is 0 Å². The van der Waals surface area contributed by atoms with Gasteiger partial charge in [0.2, 0.25) is 0 Å². The first-order valence-corrected chi connectivity index (χ1v) is 8.56. The Labute approximate surface area is 136 Å². The minimum absolute atomic E-state index is 0.0827. The first-order valence-electron chi connectivity index (χ1n) is 8.56. The van der Waals surface area contributed by atoms with Crippen LogP contribution in [-0.2, 0) is 28.5 Å². The minimum atomic E-state index is -0.488. The van der Waals surface area contributed by atoms with Gasteiger partial charge in [0.05, 0.1) is 18.8 Å². The number of carbonyl (C=O) groups is 2. The molecule has 7 unspecified atom stereocenters. The molecule has 0 aromatic heterocycles. The number of esters is 2. The quantitative estimate of drug-likeness (QED) is 0.690. The summed E-state index contributed by atoms with van der Waals surface area (Å²) in [7, 11) is 1.67. The first kappa shape index (κ1) is 16.7. The highest BCUT2D eigenvalue weighted by molar-refractivity contribution is 5.76. The fourth-order valence-corrected chi connectivity index (χ4v) is 4.84. The molecule has 2 aliphatic carbocycles. The smallest absolute Gasteiger partial charge is 0.344 e. The standard InChI is InChI=1S/C17H26O6/c1-4-5-13(18)22-8-14(19)23-17-10-6-11(16(17)20-3)15-9(2)21-7-12(10)15/h9-12,15-17H,4-8H2,1-3H3. The van der Waals surface area contributed by atoms with Gasteiger partial charge < -0.3 is 18.9 Å². The monoisotopic (exact) mass is 326 g/mol. The number of fused-ring (bicyclic) bond motifs is 5. The van der Waals surface area contributed by atoms with Crippen LogP contribution in [-0.4, -0.2) is 50.6 Å². The van der Waals surface area contributed by atoms with Crippen molar-refractivity contribution < 1.29 is 28.5 Å². The highest BCUT2D eigenvalue weighted by atomic mass is 16.6. The van der Waals surface area contributed by atoms with E-state index < -0.39 is 5.97 Å². The Morgan fingerprint density at radius 3 is 2.61 bits per heavy atom. The van der Waals surface area contributed by atoms with Crippen molar-refractivity contribution in [2.45, 2.75) is 51.4 Å². The Morgan fingerprint density at radius 2 is 1.91 bits per heavy atom. The Hall–Kier alpha value is -1.14. The molecule has 7 atom stereocenters. The molecular weight excluding hydrogens is 300 g/mol. The van der Waals surface area contributed by atoms with Crippen molar-refractivity contribution in [2.24, 2.45) is 23.7 Å². The second-order valence-corrected chi connectivity index (χ2v) is 6.91. The van der Waals surface area contributed by atoms with Crippen LogP contribution >= 0.6 is 0 Å². The molecular formula is C17H26O6. The Kier molecular flexibility index (Phi) is 4.92. The number of carbonyl (C=O) groups excluding carboxylic acids is 2. The van der Waals surface area contributed by atoms with E-state index in [9.17, 15) is 9.59 Å². The number of hydrogen-bond donors (Lipinski definition) is 0. The van der Waals surface area contributed by atoms with E-state index in [-0.39, 0.29) is 36.8 Å². The summed E-state index contributed by atoms with van der Waals surface area (Å²) >= 11 is 0. The normalized spacial score (nSPS) is 40.9. The summed E-state index contributed by atoms with van der Waals surface area (Å²) in [6.07, 6.45) is 1.96. The molecule has 2 saturated carbocycles. The molecule has 6 heteroatoms. The number of rotatable bonds is 6. The minimum Gasteiger partial charge on any atom is -0.457 e. The average Bonchev–Trinajstić information content (AvgIpc) is 3.17. The van der Waals surface area contributed by atoms with Crippen molar-refractivity contribution in [1.82, 2.24) is 0 Å². The van der Waals surface area contributed by atoms with Gasteiger partial charge in [-0.05, 0) is 37.5 Å². The van der Waals surface area contributed by atoms with Crippen LogP contribution in [0, 0.1) is 23.7 Å². The van der Waals surface area contributed by atoms with Crippen molar-refractivity contribution in [3.05, 3.63) is 0 Å².